The highest BCUT2D eigenvalue weighted by Gasteiger charge is 2.13. The molecule has 0 aliphatic heterocycles. The van der Waals surface area contributed by atoms with Crippen LogP contribution in [0.2, 0.25) is 0 Å². The van der Waals surface area contributed by atoms with E-state index in [0.717, 1.165) is 11.1 Å². The Kier molecular flexibility index (Phi) is 3.28. The van der Waals surface area contributed by atoms with Crippen LogP contribution in [0.25, 0.3) is 20.9 Å². The lowest BCUT2D eigenvalue weighted by Gasteiger charge is -2.11. The smallest absolute Gasteiger partial charge is 0.0688 e. The number of hydrogen-bond acceptors (Lipinski definition) is 3. The minimum Gasteiger partial charge on any atom is -0.392 e. The molecule has 1 aromatic carbocycles. The van der Waals surface area contributed by atoms with Gasteiger partial charge in [0.25, 0.3) is 0 Å². The van der Waals surface area contributed by atoms with Gasteiger partial charge in [0.15, 0.2) is 0 Å². The Morgan fingerprint density at radius 2 is 1.56 bits per heavy atom. The molecule has 2 heterocycles. The molecule has 3 rings (SSSR count). The van der Waals surface area contributed by atoms with E-state index in [0.29, 0.717) is 0 Å². The summed E-state index contributed by atoms with van der Waals surface area (Å²) < 4.78 is 0. The van der Waals surface area contributed by atoms with Crippen molar-refractivity contribution in [2.45, 2.75) is 6.61 Å². The second-order valence-electron chi connectivity index (χ2n) is 3.95. The molecule has 0 spiro atoms. The molecule has 0 aliphatic carbocycles. The quantitative estimate of drug-likeness (QED) is 0.736. The molecule has 2 aromatic heterocycles. The van der Waals surface area contributed by atoms with Gasteiger partial charge < -0.3 is 5.11 Å². The minimum absolute atomic E-state index is 0.0758. The monoisotopic (exact) mass is 272 g/mol. The van der Waals surface area contributed by atoms with E-state index in [2.05, 4.69) is 35.0 Å². The lowest BCUT2D eigenvalue weighted by Crippen LogP contribution is -1.90. The topological polar surface area (TPSA) is 20.2 Å². The van der Waals surface area contributed by atoms with Crippen molar-refractivity contribution in [1.82, 2.24) is 0 Å². The summed E-state index contributed by atoms with van der Waals surface area (Å²) in [4.78, 5) is 2.46. The highest BCUT2D eigenvalue weighted by molar-refractivity contribution is 7.14. The number of aliphatic hydroxyl groups excluding tert-OH is 1. The molecule has 1 N–H and O–H groups in total. The van der Waals surface area contributed by atoms with Crippen molar-refractivity contribution in [3.8, 4) is 20.9 Å². The van der Waals surface area contributed by atoms with Gasteiger partial charge in [-0.3, -0.25) is 0 Å². The molecule has 0 saturated heterocycles. The number of benzene rings is 1. The first-order valence-corrected chi connectivity index (χ1v) is 7.46. The van der Waals surface area contributed by atoms with Crippen LogP contribution in [-0.4, -0.2) is 5.11 Å². The highest BCUT2D eigenvalue weighted by Crippen LogP contribution is 2.39. The van der Waals surface area contributed by atoms with Crippen LogP contribution in [0.15, 0.2) is 53.2 Å². The molecule has 0 fully saturated rings. The highest BCUT2D eigenvalue weighted by atomic mass is 32.1. The Hall–Kier alpha value is -1.42. The largest absolute Gasteiger partial charge is 0.392 e. The van der Waals surface area contributed by atoms with E-state index in [4.69, 9.17) is 0 Å². The van der Waals surface area contributed by atoms with Crippen LogP contribution in [-0.2, 0) is 6.61 Å². The van der Waals surface area contributed by atoms with Crippen LogP contribution in [0, 0.1) is 0 Å². The van der Waals surface area contributed by atoms with Gasteiger partial charge in [-0.2, -0.15) is 0 Å². The maximum atomic E-state index is 9.55. The van der Waals surface area contributed by atoms with E-state index in [9.17, 15) is 5.11 Å². The Labute approximate surface area is 114 Å². The maximum Gasteiger partial charge on any atom is 0.0688 e. The Morgan fingerprint density at radius 3 is 2.17 bits per heavy atom. The van der Waals surface area contributed by atoms with Crippen LogP contribution >= 0.6 is 22.7 Å². The first kappa shape index (κ1) is 11.7. The average molecular weight is 272 g/mol. The molecule has 0 bridgehead atoms. The van der Waals surface area contributed by atoms with E-state index in [1.165, 1.54) is 15.3 Å². The van der Waals surface area contributed by atoms with E-state index in [1.807, 2.05) is 18.2 Å². The van der Waals surface area contributed by atoms with Crippen LogP contribution in [0.4, 0.5) is 0 Å². The van der Waals surface area contributed by atoms with Crippen LogP contribution < -0.4 is 0 Å². The molecule has 0 atom stereocenters. The molecule has 18 heavy (non-hydrogen) atoms. The van der Waals surface area contributed by atoms with Crippen molar-refractivity contribution in [2.24, 2.45) is 0 Å². The van der Waals surface area contributed by atoms with Crippen LogP contribution in [0.3, 0.4) is 0 Å². The predicted molar refractivity (Wildman–Crippen MR) is 79.0 cm³/mol. The van der Waals surface area contributed by atoms with Crippen molar-refractivity contribution in [3.05, 3.63) is 58.8 Å². The molecule has 0 amide bonds. The van der Waals surface area contributed by atoms with Crippen molar-refractivity contribution in [2.75, 3.05) is 0 Å². The van der Waals surface area contributed by atoms with Gasteiger partial charge in [0.1, 0.15) is 0 Å². The molecule has 0 radical (unpaired) electrons. The zero-order valence-corrected chi connectivity index (χ0v) is 11.3. The third-order valence-electron chi connectivity index (χ3n) is 2.88. The minimum atomic E-state index is 0.0758. The normalized spacial score (nSPS) is 10.7. The fourth-order valence-electron chi connectivity index (χ4n) is 2.08. The second kappa shape index (κ2) is 5.06. The van der Waals surface area contributed by atoms with Gasteiger partial charge in [-0.25, -0.2) is 0 Å². The lowest BCUT2D eigenvalue weighted by atomic mass is 9.99. The number of hydrogen-bond donors (Lipinski definition) is 1. The predicted octanol–water partition coefficient (Wildman–Crippen LogP) is 4.64. The molecule has 90 valence electrons. The molecular formula is C15H12OS2. The average Bonchev–Trinajstić information content (AvgIpc) is 3.10. The first-order chi connectivity index (χ1) is 8.90. The second-order valence-corrected chi connectivity index (χ2v) is 5.85. The van der Waals surface area contributed by atoms with Crippen molar-refractivity contribution >= 4 is 22.7 Å². The number of rotatable bonds is 3. The van der Waals surface area contributed by atoms with E-state index in [-0.39, 0.29) is 6.61 Å². The van der Waals surface area contributed by atoms with Crippen LogP contribution in [0.1, 0.15) is 5.56 Å². The zero-order chi connectivity index (χ0) is 12.4. The van der Waals surface area contributed by atoms with Gasteiger partial charge in [0.2, 0.25) is 0 Å². The summed E-state index contributed by atoms with van der Waals surface area (Å²) in [6, 6.07) is 14.5. The maximum absolute atomic E-state index is 9.55. The fraction of sp³-hybridized carbons (Fsp3) is 0.0667. The molecule has 0 unspecified atom stereocenters. The Bertz CT molecular complexity index is 625. The van der Waals surface area contributed by atoms with Gasteiger partial charge >= 0.3 is 0 Å². The summed E-state index contributed by atoms with van der Waals surface area (Å²) in [6.07, 6.45) is 0. The van der Waals surface area contributed by atoms with E-state index < -0.39 is 0 Å². The van der Waals surface area contributed by atoms with Gasteiger partial charge in [-0.05, 0) is 28.5 Å². The van der Waals surface area contributed by atoms with Gasteiger partial charge in [0, 0.05) is 20.9 Å². The summed E-state index contributed by atoms with van der Waals surface area (Å²) in [5.41, 5.74) is 3.36. The number of aliphatic hydroxyl groups is 1. The van der Waals surface area contributed by atoms with E-state index >= 15 is 0 Å². The zero-order valence-electron chi connectivity index (χ0n) is 9.67. The Morgan fingerprint density at radius 1 is 0.833 bits per heavy atom. The Balaban J connectivity index is 2.26. The summed E-state index contributed by atoms with van der Waals surface area (Å²) in [5, 5.41) is 13.7. The molecule has 0 saturated carbocycles. The third-order valence-corrected chi connectivity index (χ3v) is 4.67. The standard InChI is InChI=1S/C15H12OS2/c16-10-11-4-1-5-12(13-6-2-8-17-13)15(11)14-7-3-9-18-14/h1-9,16H,10H2. The SMILES string of the molecule is OCc1cccc(-c2cccs2)c1-c1cccs1. The molecule has 3 aromatic rings. The van der Waals surface area contributed by atoms with E-state index in [1.54, 1.807) is 22.7 Å². The molecular weight excluding hydrogens is 260 g/mol. The summed E-state index contributed by atoms with van der Waals surface area (Å²) >= 11 is 3.44. The first-order valence-electron chi connectivity index (χ1n) is 5.70. The van der Waals surface area contributed by atoms with Crippen molar-refractivity contribution in [3.63, 3.8) is 0 Å². The molecule has 0 aliphatic rings. The summed E-state index contributed by atoms with van der Waals surface area (Å²) in [6.45, 7) is 0.0758. The van der Waals surface area contributed by atoms with Gasteiger partial charge in [0.05, 0.1) is 6.61 Å². The molecule has 1 nitrogen and oxygen atoms in total. The van der Waals surface area contributed by atoms with Crippen LogP contribution in [0.5, 0.6) is 0 Å². The fourth-order valence-corrected chi connectivity index (χ4v) is 3.66. The third kappa shape index (κ3) is 2.01. The lowest BCUT2D eigenvalue weighted by molar-refractivity contribution is 0.282. The van der Waals surface area contributed by atoms with Gasteiger partial charge in [-0.15, -0.1) is 22.7 Å². The summed E-state index contributed by atoms with van der Waals surface area (Å²) in [7, 11) is 0. The van der Waals surface area contributed by atoms with Gasteiger partial charge in [-0.1, -0.05) is 30.3 Å². The molecule has 3 heteroatoms. The van der Waals surface area contributed by atoms with Crippen molar-refractivity contribution in [1.29, 1.82) is 0 Å². The van der Waals surface area contributed by atoms with Crippen molar-refractivity contribution < 1.29 is 5.11 Å². The number of thiophene rings is 2. The summed E-state index contributed by atoms with van der Waals surface area (Å²) in [5.74, 6) is 0.